The van der Waals surface area contributed by atoms with Crippen LogP contribution in [0.1, 0.15) is 12.0 Å². The van der Waals surface area contributed by atoms with Crippen LogP contribution in [0.5, 0.6) is 5.75 Å². The van der Waals surface area contributed by atoms with Crippen molar-refractivity contribution in [3.8, 4) is 5.75 Å². The Morgan fingerprint density at radius 3 is 2.70 bits per heavy atom. The van der Waals surface area contributed by atoms with E-state index in [4.69, 9.17) is 10.5 Å². The summed E-state index contributed by atoms with van der Waals surface area (Å²) in [6.07, 6.45) is 3.49. The maximum atomic E-state index is 5.87. The van der Waals surface area contributed by atoms with Gasteiger partial charge in [0, 0.05) is 12.2 Å². The Morgan fingerprint density at radius 1 is 1.20 bits per heavy atom. The number of likely N-dealkylation sites (N-methyl/N-ethyl adjacent to an activating group) is 1. The molecule has 2 rings (SSSR count). The van der Waals surface area contributed by atoms with Gasteiger partial charge in [0.2, 0.25) is 0 Å². The molecule has 0 aliphatic carbocycles. The van der Waals surface area contributed by atoms with Crippen LogP contribution in [0.4, 0.5) is 5.82 Å². The second kappa shape index (κ2) is 7.50. The largest absolute Gasteiger partial charge is 0.494 e. The summed E-state index contributed by atoms with van der Waals surface area (Å²) in [6, 6.07) is 14.1. The van der Waals surface area contributed by atoms with Gasteiger partial charge in [0.15, 0.2) is 0 Å². The Kier molecular flexibility index (Phi) is 5.38. The van der Waals surface area contributed by atoms with Gasteiger partial charge in [0.25, 0.3) is 0 Å². The van der Waals surface area contributed by atoms with E-state index >= 15 is 0 Å². The van der Waals surface area contributed by atoms with Crippen molar-refractivity contribution >= 4 is 5.82 Å². The number of benzene rings is 1. The fourth-order valence-electron chi connectivity index (χ4n) is 2.07. The molecule has 0 fully saturated rings. The summed E-state index contributed by atoms with van der Waals surface area (Å²) in [5.41, 5.74) is 6.95. The van der Waals surface area contributed by atoms with E-state index in [1.807, 2.05) is 49.5 Å². The third kappa shape index (κ3) is 4.24. The Morgan fingerprint density at radius 2 is 2.00 bits per heavy atom. The highest BCUT2D eigenvalue weighted by molar-refractivity contribution is 5.38. The van der Waals surface area contributed by atoms with E-state index < -0.39 is 0 Å². The molecule has 1 aromatic heterocycles. The molecule has 1 unspecified atom stereocenters. The van der Waals surface area contributed by atoms with Crippen molar-refractivity contribution < 1.29 is 4.74 Å². The van der Waals surface area contributed by atoms with Crippen molar-refractivity contribution in [2.75, 3.05) is 19.4 Å². The minimum absolute atomic E-state index is 0.324. The number of rotatable bonds is 7. The van der Waals surface area contributed by atoms with Crippen molar-refractivity contribution in [2.45, 2.75) is 18.9 Å². The van der Waals surface area contributed by atoms with Crippen LogP contribution in [0.15, 0.2) is 48.7 Å². The summed E-state index contributed by atoms with van der Waals surface area (Å²) in [7, 11) is 1.96. The third-order valence-corrected chi connectivity index (χ3v) is 3.28. The third-order valence-electron chi connectivity index (χ3n) is 3.28. The molecular weight excluding hydrogens is 250 g/mol. The predicted molar refractivity (Wildman–Crippen MR) is 81.8 cm³/mol. The Labute approximate surface area is 120 Å². The maximum Gasteiger partial charge on any atom is 0.126 e. The molecule has 4 heteroatoms. The minimum atomic E-state index is 0.324. The Hall–Kier alpha value is -2.07. The molecule has 1 heterocycles. The number of hydrogen-bond acceptors (Lipinski definition) is 4. The van der Waals surface area contributed by atoms with Gasteiger partial charge < -0.3 is 15.8 Å². The van der Waals surface area contributed by atoms with Crippen LogP contribution in [0.25, 0.3) is 0 Å². The zero-order chi connectivity index (χ0) is 14.2. The highest BCUT2D eigenvalue weighted by atomic mass is 16.5. The summed E-state index contributed by atoms with van der Waals surface area (Å²) in [4.78, 5) is 4.11. The summed E-state index contributed by atoms with van der Waals surface area (Å²) in [5.74, 6) is 1.51. The van der Waals surface area contributed by atoms with Crippen molar-refractivity contribution in [1.29, 1.82) is 0 Å². The lowest BCUT2D eigenvalue weighted by molar-refractivity contribution is 0.288. The van der Waals surface area contributed by atoms with Gasteiger partial charge in [-0.25, -0.2) is 4.98 Å². The number of nitrogens with two attached hydrogens (primary N) is 1. The molecule has 1 atom stereocenters. The normalized spacial score (nSPS) is 12.1. The standard InChI is InChI=1S/C16H21N3O/c1-18-14(12-13-6-5-10-19-16(13)17)9-11-20-15-7-3-2-4-8-15/h2-8,10,14,18H,9,11-12H2,1H3,(H2,17,19). The van der Waals surface area contributed by atoms with E-state index in [2.05, 4.69) is 10.3 Å². The molecule has 2 aromatic rings. The van der Waals surface area contributed by atoms with Gasteiger partial charge in [-0.1, -0.05) is 24.3 Å². The first-order valence-electron chi connectivity index (χ1n) is 6.84. The lowest BCUT2D eigenvalue weighted by atomic mass is 10.0. The molecule has 0 bridgehead atoms. The molecule has 0 aliphatic heterocycles. The summed E-state index contributed by atoms with van der Waals surface area (Å²) < 4.78 is 5.72. The highest BCUT2D eigenvalue weighted by Gasteiger charge is 2.10. The van der Waals surface area contributed by atoms with Crippen LogP contribution >= 0.6 is 0 Å². The van der Waals surface area contributed by atoms with Crippen LogP contribution in [-0.4, -0.2) is 24.7 Å². The molecule has 4 nitrogen and oxygen atoms in total. The molecule has 3 N–H and O–H groups in total. The smallest absolute Gasteiger partial charge is 0.126 e. The van der Waals surface area contributed by atoms with Crippen LogP contribution in [0.2, 0.25) is 0 Å². The van der Waals surface area contributed by atoms with Crippen molar-refractivity contribution in [2.24, 2.45) is 0 Å². The molecular formula is C16H21N3O. The quantitative estimate of drug-likeness (QED) is 0.811. The van der Waals surface area contributed by atoms with Crippen LogP contribution in [0, 0.1) is 0 Å². The van der Waals surface area contributed by atoms with Gasteiger partial charge >= 0.3 is 0 Å². The van der Waals surface area contributed by atoms with Crippen LogP contribution in [0.3, 0.4) is 0 Å². The van der Waals surface area contributed by atoms with Crippen LogP contribution in [-0.2, 0) is 6.42 Å². The molecule has 0 amide bonds. The van der Waals surface area contributed by atoms with E-state index in [1.54, 1.807) is 6.20 Å². The SMILES string of the molecule is CNC(CCOc1ccccc1)Cc1cccnc1N. The number of anilines is 1. The van der Waals surface area contributed by atoms with E-state index in [0.717, 1.165) is 24.2 Å². The zero-order valence-corrected chi connectivity index (χ0v) is 11.8. The number of ether oxygens (including phenoxy) is 1. The Bertz CT molecular complexity index is 516. The van der Waals surface area contributed by atoms with E-state index in [9.17, 15) is 0 Å². The number of aromatic nitrogens is 1. The van der Waals surface area contributed by atoms with E-state index in [1.165, 1.54) is 0 Å². The van der Waals surface area contributed by atoms with Gasteiger partial charge in [-0.2, -0.15) is 0 Å². The number of nitrogens with one attached hydrogen (secondary N) is 1. The van der Waals surface area contributed by atoms with Crippen LogP contribution < -0.4 is 15.8 Å². The average molecular weight is 271 g/mol. The zero-order valence-electron chi connectivity index (χ0n) is 11.8. The maximum absolute atomic E-state index is 5.87. The van der Waals surface area contributed by atoms with Gasteiger partial charge in [0.1, 0.15) is 11.6 Å². The van der Waals surface area contributed by atoms with E-state index in [0.29, 0.717) is 18.5 Å². The monoisotopic (exact) mass is 271 g/mol. The van der Waals surface area contributed by atoms with Crippen molar-refractivity contribution in [1.82, 2.24) is 10.3 Å². The minimum Gasteiger partial charge on any atom is -0.494 e. The second-order valence-corrected chi connectivity index (χ2v) is 4.69. The van der Waals surface area contributed by atoms with Gasteiger partial charge in [-0.15, -0.1) is 0 Å². The van der Waals surface area contributed by atoms with Gasteiger partial charge in [-0.05, 0) is 43.7 Å². The number of nitrogens with zero attached hydrogens (tertiary/aromatic N) is 1. The average Bonchev–Trinajstić information content (AvgIpc) is 2.49. The summed E-state index contributed by atoms with van der Waals surface area (Å²) in [5, 5.41) is 3.30. The topological polar surface area (TPSA) is 60.2 Å². The fraction of sp³-hybridized carbons (Fsp3) is 0.312. The predicted octanol–water partition coefficient (Wildman–Crippen LogP) is 2.26. The number of para-hydroxylation sites is 1. The summed E-state index contributed by atoms with van der Waals surface area (Å²) >= 11 is 0. The van der Waals surface area contributed by atoms with Crippen molar-refractivity contribution in [3.63, 3.8) is 0 Å². The number of hydrogen-bond donors (Lipinski definition) is 2. The molecule has 20 heavy (non-hydrogen) atoms. The first-order chi connectivity index (χ1) is 9.79. The first kappa shape index (κ1) is 14.3. The Balaban J connectivity index is 1.82. The lowest BCUT2D eigenvalue weighted by Gasteiger charge is -2.17. The molecule has 0 aliphatic rings. The molecule has 0 spiro atoms. The number of pyridine rings is 1. The lowest BCUT2D eigenvalue weighted by Crippen LogP contribution is -2.29. The van der Waals surface area contributed by atoms with Crippen molar-refractivity contribution in [3.05, 3.63) is 54.2 Å². The summed E-state index contributed by atoms with van der Waals surface area (Å²) in [6.45, 7) is 0.676. The van der Waals surface area contributed by atoms with Gasteiger partial charge in [0.05, 0.1) is 6.61 Å². The first-order valence-corrected chi connectivity index (χ1v) is 6.84. The molecule has 0 saturated heterocycles. The van der Waals surface area contributed by atoms with Gasteiger partial charge in [-0.3, -0.25) is 0 Å². The fourth-order valence-corrected chi connectivity index (χ4v) is 2.07. The molecule has 106 valence electrons. The number of nitrogen functional groups attached to an aromatic ring is 1. The molecule has 1 aromatic carbocycles. The molecule has 0 saturated carbocycles. The molecule has 0 radical (unpaired) electrons. The van der Waals surface area contributed by atoms with E-state index in [-0.39, 0.29) is 0 Å². The highest BCUT2D eigenvalue weighted by Crippen LogP contribution is 2.13. The second-order valence-electron chi connectivity index (χ2n) is 4.69.